The van der Waals surface area contributed by atoms with E-state index in [0.717, 1.165) is 205 Å². The van der Waals surface area contributed by atoms with Crippen LogP contribution in [-0.4, -0.2) is 0 Å². The number of fused-ring (bicyclic) bond motifs is 15. The maximum atomic E-state index is 6.74. The van der Waals surface area contributed by atoms with Crippen molar-refractivity contribution in [1.29, 1.82) is 0 Å². The fourth-order valence-corrected chi connectivity index (χ4v) is 17.2. The van der Waals surface area contributed by atoms with Crippen LogP contribution in [0.2, 0.25) is 0 Å². The molecule has 0 saturated carbocycles. The maximum absolute atomic E-state index is 6.74. The Balaban J connectivity index is 0.000000140. The molecular weight excluding hydrogens is 1410 g/mol. The van der Waals surface area contributed by atoms with Crippen molar-refractivity contribution in [3.05, 3.63) is 413 Å². The summed E-state index contributed by atoms with van der Waals surface area (Å²) in [5.74, 6) is 0. The van der Waals surface area contributed by atoms with Gasteiger partial charge in [-0.15, -0.1) is 0 Å². The third-order valence-electron chi connectivity index (χ3n) is 22.6. The second-order valence-electron chi connectivity index (χ2n) is 29.2. The van der Waals surface area contributed by atoms with Crippen molar-refractivity contribution in [2.24, 2.45) is 0 Å². The molecule has 0 atom stereocenters. The summed E-state index contributed by atoms with van der Waals surface area (Å²) in [5, 5.41) is 10.9. The van der Waals surface area contributed by atoms with Gasteiger partial charge in [-0.25, -0.2) is 0 Å². The van der Waals surface area contributed by atoms with Gasteiger partial charge in [0, 0.05) is 127 Å². The molecule has 7 nitrogen and oxygen atoms in total. The average Bonchev–Trinajstić information content (AvgIpc) is 1.72. The zero-order chi connectivity index (χ0) is 75.9. The van der Waals surface area contributed by atoms with E-state index >= 15 is 0 Å². The molecule has 0 amide bonds. The van der Waals surface area contributed by atoms with Crippen molar-refractivity contribution in [2.75, 3.05) is 9.80 Å². The summed E-state index contributed by atoms with van der Waals surface area (Å²) in [7, 11) is 0. The molecule has 23 rings (SSSR count). The highest BCUT2D eigenvalue weighted by molar-refractivity contribution is 6.18. The van der Waals surface area contributed by atoms with Gasteiger partial charge in [-0.2, -0.15) is 0 Å². The van der Waals surface area contributed by atoms with Crippen LogP contribution in [0.3, 0.4) is 0 Å². The lowest BCUT2D eigenvalue weighted by atomic mass is 9.92. The van der Waals surface area contributed by atoms with E-state index in [-0.39, 0.29) is 0 Å². The Hall–Kier alpha value is -15.4. The minimum atomic E-state index is 0.822. The summed E-state index contributed by atoms with van der Waals surface area (Å²) in [4.78, 5) is 4.77. The molecular formula is C108H68N2O5. The molecule has 0 N–H and O–H groups in total. The predicted octanol–water partition coefficient (Wildman–Crippen LogP) is 31.5. The summed E-state index contributed by atoms with van der Waals surface area (Å²) in [6, 6.07) is 145. The fraction of sp³-hybridized carbons (Fsp3) is 0. The normalized spacial score (nSPS) is 11.7. The number of para-hydroxylation sites is 11. The number of hydrogen-bond donors (Lipinski definition) is 0. The summed E-state index contributed by atoms with van der Waals surface area (Å²) < 4.78 is 33.5. The van der Waals surface area contributed by atoms with Gasteiger partial charge in [0.2, 0.25) is 0 Å². The van der Waals surface area contributed by atoms with Crippen molar-refractivity contribution in [2.45, 2.75) is 0 Å². The van der Waals surface area contributed by atoms with Gasteiger partial charge in [-0.3, -0.25) is 0 Å². The standard InChI is InChI=1S/C54H33NO3.C54H35NO2/c1-2-13-34(14-3-1)35-27-29-36(30-28-35)55(37-31-32-41-38-15-4-7-24-48(38)56-51(41)33-37)52-42(46-22-11-20-44-39-16-5-8-25-49(39)57-53(44)46)18-10-19-43(52)47-23-12-21-45-40-17-6-9-26-50(40)58-54(45)47;1-3-14-36(15-4-1)38-28-32-40(33-29-38)55(41-34-30-39(31-35-41)37-16-5-2-6-17-37)52-44(48-24-12-22-46-42-18-7-9-26-50(42)56-53(46)48)20-11-21-45(52)49-25-13-23-47-43-19-8-10-27-51(43)57-54(47)49/h1-33H;1-35H. The van der Waals surface area contributed by atoms with Crippen LogP contribution in [-0.2, 0) is 0 Å². The Bertz CT molecular complexity index is 7290. The smallest absolute Gasteiger partial charge is 0.143 e. The number of hydrogen-bond acceptors (Lipinski definition) is 7. The molecule has 115 heavy (non-hydrogen) atoms. The molecule has 23 aromatic rings. The lowest BCUT2D eigenvalue weighted by Crippen LogP contribution is -2.13. The molecule has 18 aromatic carbocycles. The monoisotopic (exact) mass is 1470 g/mol. The Morgan fingerprint density at radius 2 is 0.357 bits per heavy atom. The van der Waals surface area contributed by atoms with Crippen molar-refractivity contribution in [3.8, 4) is 77.9 Å². The molecule has 0 saturated heterocycles. The summed E-state index contributed by atoms with van der Waals surface area (Å²) in [6.45, 7) is 0. The fourth-order valence-electron chi connectivity index (χ4n) is 17.2. The van der Waals surface area contributed by atoms with E-state index in [9.17, 15) is 0 Å². The van der Waals surface area contributed by atoms with E-state index in [4.69, 9.17) is 22.1 Å². The van der Waals surface area contributed by atoms with Crippen LogP contribution in [0.15, 0.2) is 435 Å². The zero-order valence-corrected chi connectivity index (χ0v) is 62.2. The molecule has 7 heteroatoms. The summed E-state index contributed by atoms with van der Waals surface area (Å²) in [6.07, 6.45) is 0. The van der Waals surface area contributed by atoms with Crippen LogP contribution in [0.1, 0.15) is 0 Å². The van der Waals surface area contributed by atoms with E-state index in [1.54, 1.807) is 0 Å². The van der Waals surface area contributed by atoms with Crippen LogP contribution in [0, 0.1) is 0 Å². The van der Waals surface area contributed by atoms with Crippen LogP contribution in [0.4, 0.5) is 34.1 Å². The minimum Gasteiger partial charge on any atom is -0.456 e. The highest BCUT2D eigenvalue weighted by Gasteiger charge is 2.30. The van der Waals surface area contributed by atoms with Crippen LogP contribution < -0.4 is 9.80 Å². The molecule has 0 unspecified atom stereocenters. The second-order valence-corrected chi connectivity index (χ2v) is 29.2. The largest absolute Gasteiger partial charge is 0.456 e. The highest BCUT2D eigenvalue weighted by Crippen LogP contribution is 2.54. The van der Waals surface area contributed by atoms with E-state index in [0.29, 0.717) is 0 Å². The number of nitrogens with zero attached hydrogens (tertiary/aromatic N) is 2. The Morgan fingerprint density at radius 3 is 0.670 bits per heavy atom. The molecule has 5 aromatic heterocycles. The summed E-state index contributed by atoms with van der Waals surface area (Å²) >= 11 is 0. The molecule has 540 valence electrons. The molecule has 5 heterocycles. The third-order valence-corrected chi connectivity index (χ3v) is 22.6. The van der Waals surface area contributed by atoms with E-state index in [2.05, 4.69) is 362 Å². The van der Waals surface area contributed by atoms with Crippen LogP contribution in [0.25, 0.3) is 188 Å². The van der Waals surface area contributed by atoms with Crippen molar-refractivity contribution < 1.29 is 22.1 Å². The van der Waals surface area contributed by atoms with Gasteiger partial charge in [0.1, 0.15) is 55.8 Å². The molecule has 0 fully saturated rings. The van der Waals surface area contributed by atoms with Crippen molar-refractivity contribution in [1.82, 2.24) is 0 Å². The lowest BCUT2D eigenvalue weighted by Gasteiger charge is -2.30. The van der Waals surface area contributed by atoms with Gasteiger partial charge in [0.05, 0.1) is 11.4 Å². The first-order valence-electron chi connectivity index (χ1n) is 38.9. The molecule has 0 aliphatic carbocycles. The maximum Gasteiger partial charge on any atom is 0.143 e. The lowest BCUT2D eigenvalue weighted by molar-refractivity contribution is 0.668. The third kappa shape index (κ3) is 11.5. The first-order chi connectivity index (χ1) is 57.0. The number of furan rings is 5. The van der Waals surface area contributed by atoms with Crippen molar-refractivity contribution in [3.63, 3.8) is 0 Å². The SMILES string of the molecule is c1ccc(-c2ccc(N(c3ccc(-c4ccccc4)cc3)c3c(-c4cccc5c4oc4ccccc45)cccc3-c3cccc4c3oc3ccccc34)cc2)cc1.c1ccc(-c2ccc(N(c3ccc4c(c3)oc3ccccc34)c3c(-c4cccc5c4oc4ccccc45)cccc3-c3cccc4c3oc3ccccc34)cc2)cc1. The first kappa shape index (κ1) is 66.5. The molecule has 0 spiro atoms. The summed E-state index contributed by atoms with van der Waals surface area (Å²) in [5.41, 5.74) is 29.7. The van der Waals surface area contributed by atoms with Crippen LogP contribution in [0.5, 0.6) is 0 Å². The minimum absolute atomic E-state index is 0.822. The van der Waals surface area contributed by atoms with Gasteiger partial charge in [0.15, 0.2) is 0 Å². The van der Waals surface area contributed by atoms with Gasteiger partial charge in [-0.05, 0) is 112 Å². The predicted molar refractivity (Wildman–Crippen MR) is 477 cm³/mol. The topological polar surface area (TPSA) is 72.2 Å². The van der Waals surface area contributed by atoms with Gasteiger partial charge >= 0.3 is 0 Å². The molecule has 0 radical (unpaired) electrons. The number of anilines is 6. The number of benzene rings is 18. The highest BCUT2D eigenvalue weighted by atomic mass is 16.3. The Morgan fingerprint density at radius 1 is 0.139 bits per heavy atom. The Kier molecular flexibility index (Phi) is 16.1. The van der Waals surface area contributed by atoms with Gasteiger partial charge in [-0.1, -0.05) is 328 Å². The van der Waals surface area contributed by atoms with Gasteiger partial charge in [0.25, 0.3) is 0 Å². The molecule has 0 bridgehead atoms. The second kappa shape index (κ2) is 27.8. The van der Waals surface area contributed by atoms with Crippen LogP contribution >= 0.6 is 0 Å². The first-order valence-corrected chi connectivity index (χ1v) is 38.9. The quantitative estimate of drug-likeness (QED) is 0.114. The zero-order valence-electron chi connectivity index (χ0n) is 62.2. The van der Waals surface area contributed by atoms with E-state index in [1.807, 2.05) is 60.7 Å². The average molecular weight is 1470 g/mol. The Labute approximate surface area is 661 Å². The number of rotatable bonds is 13. The van der Waals surface area contributed by atoms with E-state index in [1.165, 1.54) is 16.7 Å². The molecule has 0 aliphatic rings. The van der Waals surface area contributed by atoms with Crippen molar-refractivity contribution >= 4 is 144 Å². The van der Waals surface area contributed by atoms with E-state index < -0.39 is 0 Å². The molecule has 0 aliphatic heterocycles. The van der Waals surface area contributed by atoms with Gasteiger partial charge < -0.3 is 31.9 Å².